The average molecular weight is 365 g/mol. The molecule has 22 heavy (non-hydrogen) atoms. The van der Waals surface area contributed by atoms with Gasteiger partial charge in [-0.1, -0.05) is 12.1 Å². The van der Waals surface area contributed by atoms with E-state index in [1.54, 1.807) is 18.2 Å². The Labute approximate surface area is 134 Å². The lowest BCUT2D eigenvalue weighted by molar-refractivity contribution is 0.0924. The van der Waals surface area contributed by atoms with Crippen molar-refractivity contribution in [3.8, 4) is 0 Å². The molecule has 0 atom stereocenters. The van der Waals surface area contributed by atoms with Crippen LogP contribution in [-0.2, 0) is 0 Å². The van der Waals surface area contributed by atoms with Crippen LogP contribution in [0.25, 0.3) is 0 Å². The number of aromatic nitrogens is 2. The van der Waals surface area contributed by atoms with Crippen LogP contribution in [0.5, 0.6) is 0 Å². The molecule has 0 saturated heterocycles. The van der Waals surface area contributed by atoms with Gasteiger partial charge in [0, 0.05) is 23.6 Å². The van der Waals surface area contributed by atoms with Crippen molar-refractivity contribution in [3.63, 3.8) is 0 Å². The molecule has 0 aliphatic heterocycles. The number of hydrogen-bond donors (Lipinski definition) is 3. The number of carbonyl (C=O) groups excluding carboxylic acids is 2. The molecule has 1 aromatic heterocycles. The topological polar surface area (TPSA) is 104 Å². The van der Waals surface area contributed by atoms with E-state index >= 15 is 0 Å². The second kappa shape index (κ2) is 7.51. The minimum absolute atomic E-state index is 0.108. The normalized spacial score (nSPS) is 10.0. The van der Waals surface area contributed by atoms with Gasteiger partial charge in [0.1, 0.15) is 5.69 Å². The minimum Gasteiger partial charge on any atom is -0.350 e. The van der Waals surface area contributed by atoms with Gasteiger partial charge in [0.2, 0.25) is 0 Å². The molecule has 0 saturated carbocycles. The van der Waals surface area contributed by atoms with Crippen LogP contribution in [0, 0.1) is 0 Å². The molecule has 2 rings (SSSR count). The van der Waals surface area contributed by atoms with Crippen LogP contribution in [0.15, 0.2) is 45.7 Å². The van der Waals surface area contributed by atoms with Gasteiger partial charge in [-0.2, -0.15) is 5.10 Å². The van der Waals surface area contributed by atoms with Crippen LogP contribution in [0.3, 0.4) is 0 Å². The molecule has 0 spiro atoms. The Morgan fingerprint density at radius 2 is 1.73 bits per heavy atom. The highest BCUT2D eigenvalue weighted by atomic mass is 79.9. The SMILES string of the molecule is O=C(NCCNC(=O)c1ccccc1Br)c1ccc(=O)[nH]n1. The second-order valence-corrected chi connectivity index (χ2v) is 5.15. The fourth-order valence-electron chi connectivity index (χ4n) is 1.65. The van der Waals surface area contributed by atoms with Crippen molar-refractivity contribution in [2.24, 2.45) is 0 Å². The fourth-order valence-corrected chi connectivity index (χ4v) is 2.12. The third-order valence-corrected chi connectivity index (χ3v) is 3.42. The van der Waals surface area contributed by atoms with E-state index in [4.69, 9.17) is 0 Å². The molecule has 1 heterocycles. The molecule has 0 radical (unpaired) electrons. The fraction of sp³-hybridized carbons (Fsp3) is 0.143. The van der Waals surface area contributed by atoms with E-state index in [-0.39, 0.29) is 30.2 Å². The predicted molar refractivity (Wildman–Crippen MR) is 83.7 cm³/mol. The zero-order chi connectivity index (χ0) is 15.9. The lowest BCUT2D eigenvalue weighted by atomic mass is 10.2. The van der Waals surface area contributed by atoms with Crippen molar-refractivity contribution in [2.45, 2.75) is 0 Å². The van der Waals surface area contributed by atoms with Crippen LogP contribution in [0.2, 0.25) is 0 Å². The zero-order valence-corrected chi connectivity index (χ0v) is 13.0. The van der Waals surface area contributed by atoms with Gasteiger partial charge in [-0.25, -0.2) is 5.10 Å². The Balaban J connectivity index is 1.78. The summed E-state index contributed by atoms with van der Waals surface area (Å²) >= 11 is 3.30. The number of nitrogens with zero attached hydrogens (tertiary/aromatic N) is 1. The summed E-state index contributed by atoms with van der Waals surface area (Å²) in [6.45, 7) is 0.519. The molecule has 0 unspecified atom stereocenters. The smallest absolute Gasteiger partial charge is 0.271 e. The Morgan fingerprint density at radius 3 is 2.36 bits per heavy atom. The zero-order valence-electron chi connectivity index (χ0n) is 11.4. The van der Waals surface area contributed by atoms with E-state index < -0.39 is 5.91 Å². The van der Waals surface area contributed by atoms with Crippen LogP contribution < -0.4 is 16.2 Å². The van der Waals surface area contributed by atoms with Gasteiger partial charge in [-0.3, -0.25) is 14.4 Å². The molecule has 0 aliphatic rings. The molecule has 7 nitrogen and oxygen atoms in total. The summed E-state index contributed by atoms with van der Waals surface area (Å²) in [6, 6.07) is 9.60. The lowest BCUT2D eigenvalue weighted by Gasteiger charge is -2.07. The molecule has 0 fully saturated rings. The number of nitrogens with one attached hydrogen (secondary N) is 3. The average Bonchev–Trinajstić information content (AvgIpc) is 2.52. The Bertz CT molecular complexity index is 724. The van der Waals surface area contributed by atoms with E-state index in [2.05, 4.69) is 36.8 Å². The third-order valence-electron chi connectivity index (χ3n) is 2.73. The van der Waals surface area contributed by atoms with Crippen LogP contribution >= 0.6 is 15.9 Å². The monoisotopic (exact) mass is 364 g/mol. The second-order valence-electron chi connectivity index (χ2n) is 4.30. The molecule has 8 heteroatoms. The summed E-state index contributed by atoms with van der Waals surface area (Å²) in [5.74, 6) is -0.657. The van der Waals surface area contributed by atoms with Gasteiger partial charge in [0.25, 0.3) is 17.4 Å². The molecular formula is C14H13BrN4O3. The molecule has 1 aromatic carbocycles. The van der Waals surface area contributed by atoms with Gasteiger partial charge in [-0.15, -0.1) is 0 Å². The quantitative estimate of drug-likeness (QED) is 0.679. The van der Waals surface area contributed by atoms with Crippen LogP contribution in [0.1, 0.15) is 20.8 Å². The number of halogens is 1. The predicted octanol–water partition coefficient (Wildman–Crippen LogP) is 0.692. The van der Waals surface area contributed by atoms with Gasteiger partial charge in [-0.05, 0) is 34.1 Å². The van der Waals surface area contributed by atoms with Gasteiger partial charge < -0.3 is 10.6 Å². The highest BCUT2D eigenvalue weighted by Gasteiger charge is 2.09. The van der Waals surface area contributed by atoms with Gasteiger partial charge >= 0.3 is 0 Å². The maximum atomic E-state index is 11.9. The summed E-state index contributed by atoms with van der Waals surface area (Å²) in [7, 11) is 0. The largest absolute Gasteiger partial charge is 0.350 e. The van der Waals surface area contributed by atoms with Crippen LogP contribution in [-0.4, -0.2) is 35.1 Å². The molecule has 0 bridgehead atoms. The van der Waals surface area contributed by atoms with E-state index in [1.807, 2.05) is 6.07 Å². The number of H-pyrrole nitrogens is 1. The third kappa shape index (κ3) is 4.26. The highest BCUT2D eigenvalue weighted by Crippen LogP contribution is 2.15. The molecule has 3 N–H and O–H groups in total. The summed E-state index contributed by atoms with van der Waals surface area (Å²) < 4.78 is 0.703. The van der Waals surface area contributed by atoms with E-state index in [1.165, 1.54) is 12.1 Å². The first kappa shape index (κ1) is 15.9. The van der Waals surface area contributed by atoms with Crippen molar-refractivity contribution in [2.75, 3.05) is 13.1 Å². The van der Waals surface area contributed by atoms with E-state index in [0.29, 0.717) is 10.0 Å². The Morgan fingerprint density at radius 1 is 1.05 bits per heavy atom. The Kier molecular flexibility index (Phi) is 5.42. The summed E-state index contributed by atoms with van der Waals surface area (Å²) in [4.78, 5) is 34.5. The summed E-state index contributed by atoms with van der Waals surface area (Å²) in [5.41, 5.74) is 0.255. The van der Waals surface area contributed by atoms with Crippen LogP contribution in [0.4, 0.5) is 0 Å². The number of carbonyl (C=O) groups is 2. The number of rotatable bonds is 5. The molecular weight excluding hydrogens is 352 g/mol. The standard InChI is InChI=1S/C14H13BrN4O3/c15-10-4-2-1-3-9(10)13(21)16-7-8-17-14(22)11-5-6-12(20)19-18-11/h1-6H,7-8H2,(H,16,21)(H,17,22)(H,19,20). The molecule has 2 aromatic rings. The van der Waals surface area contributed by atoms with Crippen molar-refractivity contribution in [1.29, 1.82) is 0 Å². The maximum absolute atomic E-state index is 11.9. The molecule has 2 amide bonds. The van der Waals surface area contributed by atoms with E-state index in [0.717, 1.165) is 0 Å². The maximum Gasteiger partial charge on any atom is 0.271 e. The number of amides is 2. The van der Waals surface area contributed by atoms with Crippen molar-refractivity contribution in [1.82, 2.24) is 20.8 Å². The van der Waals surface area contributed by atoms with Crippen molar-refractivity contribution in [3.05, 3.63) is 62.5 Å². The first-order valence-corrected chi connectivity index (χ1v) is 7.24. The lowest BCUT2D eigenvalue weighted by Crippen LogP contribution is -2.35. The summed E-state index contributed by atoms with van der Waals surface area (Å²) in [5, 5.41) is 11.1. The first-order chi connectivity index (χ1) is 10.6. The number of hydrogen-bond acceptors (Lipinski definition) is 4. The number of benzene rings is 1. The van der Waals surface area contributed by atoms with Gasteiger partial charge in [0.15, 0.2) is 0 Å². The highest BCUT2D eigenvalue weighted by molar-refractivity contribution is 9.10. The number of aromatic amines is 1. The molecule has 0 aliphatic carbocycles. The first-order valence-electron chi connectivity index (χ1n) is 6.44. The minimum atomic E-state index is -0.425. The van der Waals surface area contributed by atoms with E-state index in [9.17, 15) is 14.4 Å². The summed E-state index contributed by atoms with van der Waals surface area (Å²) in [6.07, 6.45) is 0. The van der Waals surface area contributed by atoms with Crippen molar-refractivity contribution >= 4 is 27.7 Å². The Hall–Kier alpha value is -2.48. The molecule has 114 valence electrons. The van der Waals surface area contributed by atoms with Gasteiger partial charge in [0.05, 0.1) is 5.56 Å². The van der Waals surface area contributed by atoms with Crippen molar-refractivity contribution < 1.29 is 9.59 Å².